The van der Waals surface area contributed by atoms with Crippen molar-refractivity contribution < 1.29 is 14.3 Å². The van der Waals surface area contributed by atoms with Gasteiger partial charge in [-0.1, -0.05) is 30.3 Å². The van der Waals surface area contributed by atoms with Gasteiger partial charge in [-0.3, -0.25) is 14.5 Å². The molecule has 0 N–H and O–H groups in total. The first-order valence-electron chi connectivity index (χ1n) is 6.05. The molecule has 0 aromatic heterocycles. The van der Waals surface area contributed by atoms with Gasteiger partial charge in [0.05, 0.1) is 18.1 Å². The molecule has 1 heterocycles. The molecule has 1 aromatic carbocycles. The fourth-order valence-corrected chi connectivity index (χ4v) is 2.61. The third kappa shape index (κ3) is 3.38. The van der Waals surface area contributed by atoms with Gasteiger partial charge in [0.2, 0.25) is 5.91 Å². The fraction of sp³-hybridized carbons (Fsp3) is 0.286. The summed E-state index contributed by atoms with van der Waals surface area (Å²) in [5.41, 5.74) is 1.68. The van der Waals surface area contributed by atoms with Gasteiger partial charge >= 0.3 is 5.97 Å². The lowest BCUT2D eigenvalue weighted by Crippen LogP contribution is -2.37. The molecule has 1 aliphatic rings. The van der Waals surface area contributed by atoms with Crippen LogP contribution in [0, 0.1) is 0 Å². The highest BCUT2D eigenvalue weighted by Crippen LogP contribution is 2.27. The average molecular weight is 277 g/mol. The molecule has 0 saturated heterocycles. The van der Waals surface area contributed by atoms with E-state index in [0.717, 1.165) is 11.3 Å². The second kappa shape index (κ2) is 6.43. The number of carbonyl (C=O) groups is 2. The van der Waals surface area contributed by atoms with Crippen LogP contribution in [0.25, 0.3) is 5.70 Å². The zero-order valence-electron chi connectivity index (χ0n) is 10.7. The van der Waals surface area contributed by atoms with Crippen LogP contribution < -0.4 is 0 Å². The Hall–Kier alpha value is -1.75. The Morgan fingerprint density at radius 1 is 1.37 bits per heavy atom. The van der Waals surface area contributed by atoms with E-state index in [0.29, 0.717) is 12.4 Å². The van der Waals surface area contributed by atoms with Crippen molar-refractivity contribution in [1.82, 2.24) is 4.90 Å². The molecule has 0 saturated carbocycles. The number of amides is 1. The van der Waals surface area contributed by atoms with Crippen LogP contribution in [0.2, 0.25) is 0 Å². The molecule has 1 aromatic rings. The van der Waals surface area contributed by atoms with Crippen molar-refractivity contribution in [2.24, 2.45) is 0 Å². The van der Waals surface area contributed by atoms with Crippen LogP contribution >= 0.6 is 11.8 Å². The van der Waals surface area contributed by atoms with E-state index < -0.39 is 0 Å². The topological polar surface area (TPSA) is 46.6 Å². The van der Waals surface area contributed by atoms with E-state index in [9.17, 15) is 9.59 Å². The largest absolute Gasteiger partial charge is 0.465 e. The molecule has 19 heavy (non-hydrogen) atoms. The lowest BCUT2D eigenvalue weighted by molar-refractivity contribution is -0.146. The predicted molar refractivity (Wildman–Crippen MR) is 75.2 cm³/mol. The van der Waals surface area contributed by atoms with E-state index in [1.807, 2.05) is 35.7 Å². The quantitative estimate of drug-likeness (QED) is 0.791. The van der Waals surface area contributed by atoms with Crippen LogP contribution in [-0.4, -0.2) is 35.7 Å². The van der Waals surface area contributed by atoms with Gasteiger partial charge in [0.1, 0.15) is 6.54 Å². The van der Waals surface area contributed by atoms with Crippen LogP contribution in [0.15, 0.2) is 35.7 Å². The number of nitrogens with zero attached hydrogens (tertiary/aromatic N) is 1. The SMILES string of the molecule is CCOC(=O)CN1C(=O)CSC=C1c1ccccc1. The minimum Gasteiger partial charge on any atom is -0.465 e. The van der Waals surface area contributed by atoms with E-state index in [4.69, 9.17) is 4.74 Å². The molecule has 1 aliphatic heterocycles. The van der Waals surface area contributed by atoms with E-state index >= 15 is 0 Å². The summed E-state index contributed by atoms with van der Waals surface area (Å²) in [7, 11) is 0. The maximum absolute atomic E-state index is 12.0. The Morgan fingerprint density at radius 3 is 2.79 bits per heavy atom. The molecular weight excluding hydrogens is 262 g/mol. The molecular formula is C14H15NO3S. The van der Waals surface area contributed by atoms with Crippen LogP contribution in [-0.2, 0) is 14.3 Å². The van der Waals surface area contributed by atoms with Crippen molar-refractivity contribution in [2.45, 2.75) is 6.92 Å². The summed E-state index contributed by atoms with van der Waals surface area (Å²) in [6.45, 7) is 2.04. The standard InChI is InChI=1S/C14H15NO3S/c1-2-18-14(17)8-15-12(9-19-10-13(15)16)11-6-4-3-5-7-11/h3-7,9H,2,8,10H2,1H3. The summed E-state index contributed by atoms with van der Waals surface area (Å²) in [5.74, 6) is -0.0978. The first-order chi connectivity index (χ1) is 9.22. The zero-order valence-corrected chi connectivity index (χ0v) is 11.5. The lowest BCUT2D eigenvalue weighted by atomic mass is 10.1. The fourth-order valence-electron chi connectivity index (χ4n) is 1.81. The molecule has 0 bridgehead atoms. The number of thioether (sulfide) groups is 1. The lowest BCUT2D eigenvalue weighted by Gasteiger charge is -2.27. The van der Waals surface area contributed by atoms with Gasteiger partial charge in [0.15, 0.2) is 0 Å². The molecule has 0 aliphatic carbocycles. The number of ether oxygens (including phenoxy) is 1. The number of hydrogen-bond acceptors (Lipinski definition) is 4. The van der Waals surface area contributed by atoms with Crippen LogP contribution in [0.5, 0.6) is 0 Å². The number of benzene rings is 1. The second-order valence-electron chi connectivity index (χ2n) is 3.97. The Bertz CT molecular complexity index is 499. The van der Waals surface area contributed by atoms with Gasteiger partial charge in [0.25, 0.3) is 0 Å². The Kier molecular flexibility index (Phi) is 4.63. The van der Waals surface area contributed by atoms with Gasteiger partial charge in [0, 0.05) is 0 Å². The highest BCUT2D eigenvalue weighted by Gasteiger charge is 2.25. The number of esters is 1. The molecule has 100 valence electrons. The van der Waals surface area contributed by atoms with Crippen LogP contribution in [0.3, 0.4) is 0 Å². The summed E-state index contributed by atoms with van der Waals surface area (Å²) in [6, 6.07) is 9.56. The normalized spacial score (nSPS) is 15.1. The summed E-state index contributed by atoms with van der Waals surface area (Å²) in [6.07, 6.45) is 0. The maximum Gasteiger partial charge on any atom is 0.326 e. The molecule has 2 rings (SSSR count). The second-order valence-corrected chi connectivity index (χ2v) is 4.82. The molecule has 5 heteroatoms. The van der Waals surface area contributed by atoms with Crippen LogP contribution in [0.1, 0.15) is 12.5 Å². The Labute approximate surface area is 116 Å². The summed E-state index contributed by atoms with van der Waals surface area (Å²) >= 11 is 1.44. The van der Waals surface area contributed by atoms with Crippen molar-refractivity contribution in [3.63, 3.8) is 0 Å². The molecule has 0 radical (unpaired) electrons. The predicted octanol–water partition coefficient (Wildman–Crippen LogP) is 2.12. The van der Waals surface area contributed by atoms with Crippen molar-refractivity contribution >= 4 is 29.3 Å². The highest BCUT2D eigenvalue weighted by atomic mass is 32.2. The van der Waals surface area contributed by atoms with E-state index in [1.54, 1.807) is 6.92 Å². The van der Waals surface area contributed by atoms with Crippen molar-refractivity contribution in [1.29, 1.82) is 0 Å². The van der Waals surface area contributed by atoms with Crippen molar-refractivity contribution in [2.75, 3.05) is 18.9 Å². The summed E-state index contributed by atoms with van der Waals surface area (Å²) in [4.78, 5) is 25.0. The van der Waals surface area contributed by atoms with Crippen LogP contribution in [0.4, 0.5) is 0 Å². The Morgan fingerprint density at radius 2 is 2.11 bits per heavy atom. The molecule has 0 spiro atoms. The smallest absolute Gasteiger partial charge is 0.326 e. The van der Waals surface area contributed by atoms with E-state index in [1.165, 1.54) is 16.7 Å². The minimum atomic E-state index is -0.385. The van der Waals surface area contributed by atoms with Gasteiger partial charge in [-0.2, -0.15) is 0 Å². The third-order valence-electron chi connectivity index (χ3n) is 2.66. The number of carbonyl (C=O) groups excluding carboxylic acids is 2. The molecule has 0 atom stereocenters. The Balaban J connectivity index is 2.22. The molecule has 0 fully saturated rings. The zero-order chi connectivity index (χ0) is 13.7. The number of hydrogen-bond donors (Lipinski definition) is 0. The number of rotatable bonds is 4. The minimum absolute atomic E-state index is 0.0338. The van der Waals surface area contributed by atoms with Crippen molar-refractivity contribution in [3.8, 4) is 0 Å². The first kappa shape index (κ1) is 13.7. The van der Waals surface area contributed by atoms with Gasteiger partial charge < -0.3 is 4.74 Å². The third-order valence-corrected chi connectivity index (χ3v) is 3.46. The van der Waals surface area contributed by atoms with Crippen molar-refractivity contribution in [3.05, 3.63) is 41.3 Å². The van der Waals surface area contributed by atoms with Gasteiger partial charge in [-0.15, -0.1) is 11.8 Å². The van der Waals surface area contributed by atoms with E-state index in [2.05, 4.69) is 0 Å². The molecule has 0 unspecified atom stereocenters. The maximum atomic E-state index is 12.0. The van der Waals surface area contributed by atoms with Gasteiger partial charge in [-0.25, -0.2) is 0 Å². The van der Waals surface area contributed by atoms with E-state index in [-0.39, 0.29) is 18.4 Å². The molecule has 1 amide bonds. The average Bonchev–Trinajstić information content (AvgIpc) is 2.42. The molecule has 4 nitrogen and oxygen atoms in total. The monoisotopic (exact) mass is 277 g/mol. The summed E-state index contributed by atoms with van der Waals surface area (Å²) in [5, 5.41) is 1.91. The van der Waals surface area contributed by atoms with Gasteiger partial charge in [-0.05, 0) is 17.9 Å². The summed E-state index contributed by atoms with van der Waals surface area (Å²) < 4.78 is 4.91. The highest BCUT2D eigenvalue weighted by molar-refractivity contribution is 8.03. The first-order valence-corrected chi connectivity index (χ1v) is 7.10.